The molecule has 1 saturated heterocycles. The van der Waals surface area contributed by atoms with E-state index in [2.05, 4.69) is 0 Å². The number of likely N-dealkylation sites (tertiary alicyclic amines) is 1. The van der Waals surface area contributed by atoms with Crippen LogP contribution < -0.4 is 0 Å². The Hall–Kier alpha value is -1.66. The van der Waals surface area contributed by atoms with Crippen molar-refractivity contribution in [3.63, 3.8) is 0 Å². The van der Waals surface area contributed by atoms with Gasteiger partial charge in [0.15, 0.2) is 0 Å². The lowest BCUT2D eigenvalue weighted by atomic mass is 10.1. The molecule has 6 heteroatoms. The maximum atomic E-state index is 12.3. The van der Waals surface area contributed by atoms with Crippen molar-refractivity contribution in [2.45, 2.75) is 25.9 Å². The number of hydrogen-bond acceptors (Lipinski definition) is 4. The molecule has 1 fully saturated rings. The van der Waals surface area contributed by atoms with Crippen molar-refractivity contribution in [1.82, 2.24) is 4.90 Å². The van der Waals surface area contributed by atoms with Crippen LogP contribution in [0.1, 0.15) is 33.5 Å². The van der Waals surface area contributed by atoms with Gasteiger partial charge in [0, 0.05) is 24.0 Å². The first-order valence-corrected chi connectivity index (χ1v) is 7.13. The summed E-state index contributed by atoms with van der Waals surface area (Å²) in [6.45, 7) is 4.45. The van der Waals surface area contributed by atoms with Gasteiger partial charge in [0.05, 0.1) is 10.5 Å². The van der Waals surface area contributed by atoms with Crippen LogP contribution in [0.2, 0.25) is 0 Å². The zero-order chi connectivity index (χ0) is 14.9. The van der Waals surface area contributed by atoms with Gasteiger partial charge >= 0.3 is 5.97 Å². The van der Waals surface area contributed by atoms with E-state index in [0.29, 0.717) is 24.4 Å². The molecule has 0 radical (unpaired) electrons. The van der Waals surface area contributed by atoms with Gasteiger partial charge < -0.3 is 15.1 Å². The number of aliphatic hydroxyl groups is 1. The Morgan fingerprint density at radius 1 is 1.50 bits per heavy atom. The van der Waals surface area contributed by atoms with E-state index in [1.165, 1.54) is 17.4 Å². The number of thiophene rings is 1. The summed E-state index contributed by atoms with van der Waals surface area (Å²) in [5.74, 6) is -1.12. The fourth-order valence-electron chi connectivity index (χ4n) is 2.19. The van der Waals surface area contributed by atoms with Crippen LogP contribution in [0.15, 0.2) is 12.1 Å². The fourth-order valence-corrected chi connectivity index (χ4v) is 3.23. The molecular weight excluding hydrogens is 278 g/mol. The molecule has 0 aromatic carbocycles. The second-order valence-corrected chi connectivity index (χ2v) is 6.39. The number of aliphatic carboxylic acids is 1. The molecule has 1 aliphatic rings. The van der Waals surface area contributed by atoms with E-state index in [0.717, 1.165) is 16.5 Å². The molecule has 108 valence electrons. The Kier molecular flexibility index (Phi) is 3.96. The van der Waals surface area contributed by atoms with Gasteiger partial charge in [0.1, 0.15) is 0 Å². The highest BCUT2D eigenvalue weighted by Gasteiger charge is 2.34. The molecule has 2 heterocycles. The van der Waals surface area contributed by atoms with Crippen molar-refractivity contribution in [3.8, 4) is 0 Å². The molecule has 1 aromatic rings. The predicted octanol–water partition coefficient (Wildman–Crippen LogP) is 1.75. The summed E-state index contributed by atoms with van der Waals surface area (Å²) < 4.78 is 0. The second-order valence-electron chi connectivity index (χ2n) is 5.30. The first-order chi connectivity index (χ1) is 9.28. The Morgan fingerprint density at radius 2 is 2.20 bits per heavy atom. The third-order valence-electron chi connectivity index (χ3n) is 3.28. The summed E-state index contributed by atoms with van der Waals surface area (Å²) in [6.07, 6.45) is 3.14. The van der Waals surface area contributed by atoms with Crippen molar-refractivity contribution in [2.75, 3.05) is 13.1 Å². The maximum Gasteiger partial charge on any atom is 0.328 e. The summed E-state index contributed by atoms with van der Waals surface area (Å²) in [7, 11) is 0. The highest BCUT2D eigenvalue weighted by Crippen LogP contribution is 2.27. The zero-order valence-corrected chi connectivity index (χ0v) is 12.2. The van der Waals surface area contributed by atoms with Crippen LogP contribution in [-0.4, -0.2) is 45.7 Å². The van der Waals surface area contributed by atoms with Gasteiger partial charge in [-0.3, -0.25) is 4.79 Å². The van der Waals surface area contributed by atoms with Crippen LogP contribution >= 0.6 is 11.3 Å². The van der Waals surface area contributed by atoms with Crippen molar-refractivity contribution in [1.29, 1.82) is 0 Å². The maximum absolute atomic E-state index is 12.3. The standard InChI is InChI=1S/C14H17NO4S/c1-9-7-11(20-10(9)3-4-12(16)17)13(18)15-6-5-14(2,19)8-15/h3-4,7,19H,5-6,8H2,1-2H3,(H,16,17)/b4-3+. The lowest BCUT2D eigenvalue weighted by molar-refractivity contribution is -0.131. The Labute approximate surface area is 121 Å². The molecule has 0 spiro atoms. The Morgan fingerprint density at radius 3 is 2.75 bits per heavy atom. The third kappa shape index (κ3) is 3.26. The molecule has 2 rings (SSSR count). The number of carboxylic acid groups (broad SMARTS) is 1. The molecular formula is C14H17NO4S. The number of nitrogens with zero attached hydrogens (tertiary/aromatic N) is 1. The molecule has 2 N–H and O–H groups in total. The Bertz CT molecular complexity index is 574. The number of carbonyl (C=O) groups excluding carboxylic acids is 1. The molecule has 20 heavy (non-hydrogen) atoms. The van der Waals surface area contributed by atoms with Crippen LogP contribution in [0.3, 0.4) is 0 Å². The van der Waals surface area contributed by atoms with E-state index in [1.54, 1.807) is 17.9 Å². The molecule has 1 aromatic heterocycles. The van der Waals surface area contributed by atoms with Crippen LogP contribution in [0, 0.1) is 6.92 Å². The first-order valence-electron chi connectivity index (χ1n) is 6.31. The van der Waals surface area contributed by atoms with Gasteiger partial charge in [0.2, 0.25) is 0 Å². The second kappa shape index (κ2) is 5.38. The molecule has 1 atom stereocenters. The molecule has 0 saturated carbocycles. The summed E-state index contributed by atoms with van der Waals surface area (Å²) in [5, 5.41) is 18.5. The number of amides is 1. The predicted molar refractivity (Wildman–Crippen MR) is 76.9 cm³/mol. The average Bonchev–Trinajstić information content (AvgIpc) is 2.89. The van der Waals surface area contributed by atoms with Crippen LogP contribution in [0.4, 0.5) is 0 Å². The van der Waals surface area contributed by atoms with E-state index < -0.39 is 11.6 Å². The molecule has 1 amide bonds. The summed E-state index contributed by atoms with van der Waals surface area (Å²) in [6, 6.07) is 1.77. The highest BCUT2D eigenvalue weighted by atomic mass is 32.1. The third-order valence-corrected chi connectivity index (χ3v) is 4.47. The molecule has 1 aliphatic heterocycles. The molecule has 5 nitrogen and oxygen atoms in total. The molecule has 0 bridgehead atoms. The monoisotopic (exact) mass is 295 g/mol. The van der Waals surface area contributed by atoms with Gasteiger partial charge in [-0.05, 0) is 38.0 Å². The van der Waals surface area contributed by atoms with Gasteiger partial charge in [-0.15, -0.1) is 11.3 Å². The van der Waals surface area contributed by atoms with Crippen molar-refractivity contribution in [2.24, 2.45) is 0 Å². The van der Waals surface area contributed by atoms with E-state index in [9.17, 15) is 14.7 Å². The van der Waals surface area contributed by atoms with Crippen LogP contribution in [0.25, 0.3) is 6.08 Å². The Balaban J connectivity index is 2.16. The number of hydrogen-bond donors (Lipinski definition) is 2. The van der Waals surface area contributed by atoms with Crippen LogP contribution in [0.5, 0.6) is 0 Å². The van der Waals surface area contributed by atoms with Gasteiger partial charge in [-0.25, -0.2) is 4.79 Å². The van der Waals surface area contributed by atoms with E-state index in [-0.39, 0.29) is 5.91 Å². The number of carbonyl (C=O) groups is 2. The highest BCUT2D eigenvalue weighted by molar-refractivity contribution is 7.15. The van der Waals surface area contributed by atoms with Crippen molar-refractivity contribution >= 4 is 29.3 Å². The van der Waals surface area contributed by atoms with Gasteiger partial charge in [-0.2, -0.15) is 0 Å². The molecule has 0 aliphatic carbocycles. The lowest BCUT2D eigenvalue weighted by Crippen LogP contribution is -2.33. The van der Waals surface area contributed by atoms with Crippen molar-refractivity contribution in [3.05, 3.63) is 27.5 Å². The summed E-state index contributed by atoms with van der Waals surface area (Å²) in [4.78, 5) is 25.8. The minimum atomic E-state index is -1.01. The summed E-state index contributed by atoms with van der Waals surface area (Å²) in [5.41, 5.74) is 0.0652. The quantitative estimate of drug-likeness (QED) is 0.833. The fraction of sp³-hybridized carbons (Fsp3) is 0.429. The van der Waals surface area contributed by atoms with E-state index in [4.69, 9.17) is 5.11 Å². The normalized spacial score (nSPS) is 22.6. The number of aryl methyl sites for hydroxylation is 1. The van der Waals surface area contributed by atoms with Gasteiger partial charge in [0.25, 0.3) is 5.91 Å². The number of rotatable bonds is 3. The first kappa shape index (κ1) is 14.7. The lowest BCUT2D eigenvalue weighted by Gasteiger charge is -2.18. The van der Waals surface area contributed by atoms with E-state index in [1.807, 2.05) is 6.92 Å². The average molecular weight is 295 g/mol. The zero-order valence-electron chi connectivity index (χ0n) is 11.4. The minimum absolute atomic E-state index is 0.106. The number of β-amino-alcohol motifs (C(OH)–C–C–N with tert-alkyl or cyclic N) is 1. The smallest absolute Gasteiger partial charge is 0.328 e. The van der Waals surface area contributed by atoms with Crippen LogP contribution in [-0.2, 0) is 4.79 Å². The van der Waals surface area contributed by atoms with Crippen molar-refractivity contribution < 1.29 is 19.8 Å². The largest absolute Gasteiger partial charge is 0.478 e. The molecule has 1 unspecified atom stereocenters. The topological polar surface area (TPSA) is 77.8 Å². The van der Waals surface area contributed by atoms with E-state index >= 15 is 0 Å². The summed E-state index contributed by atoms with van der Waals surface area (Å²) >= 11 is 1.27. The SMILES string of the molecule is Cc1cc(C(=O)N2CCC(C)(O)C2)sc1/C=C/C(=O)O. The minimum Gasteiger partial charge on any atom is -0.478 e. The number of carboxylic acids is 1. The van der Waals surface area contributed by atoms with Gasteiger partial charge in [-0.1, -0.05) is 0 Å².